The fourth-order valence-corrected chi connectivity index (χ4v) is 4.18. The molecule has 0 saturated carbocycles. The van der Waals surface area contributed by atoms with E-state index >= 15 is 0 Å². The first-order chi connectivity index (χ1) is 15.5. The molecule has 0 aromatic heterocycles. The molecule has 0 aliphatic carbocycles. The smallest absolute Gasteiger partial charge is 0.251 e. The maximum atomic E-state index is 12.4. The molecule has 0 atom stereocenters. The van der Waals surface area contributed by atoms with Crippen LogP contribution in [0.4, 0.5) is 0 Å². The van der Waals surface area contributed by atoms with Gasteiger partial charge in [-0.1, -0.05) is 58.9 Å². The molecular formula is C28H39NO4. The zero-order valence-electron chi connectivity index (χ0n) is 21.2. The number of carbonyl (C=O) groups is 2. The van der Waals surface area contributed by atoms with Crippen molar-refractivity contribution in [2.45, 2.75) is 66.7 Å². The Hall–Kier alpha value is -2.66. The second-order valence-corrected chi connectivity index (χ2v) is 9.74. The van der Waals surface area contributed by atoms with Gasteiger partial charge in [0.15, 0.2) is 5.78 Å². The third-order valence-corrected chi connectivity index (χ3v) is 6.55. The van der Waals surface area contributed by atoms with Crippen LogP contribution in [0.15, 0.2) is 36.4 Å². The summed E-state index contributed by atoms with van der Waals surface area (Å²) in [6.07, 6.45) is 1.81. The summed E-state index contributed by atoms with van der Waals surface area (Å²) in [7, 11) is 0. The minimum absolute atomic E-state index is 0.0649. The van der Waals surface area contributed by atoms with Crippen LogP contribution in [0.2, 0.25) is 0 Å². The Bertz CT molecular complexity index is 984. The maximum absolute atomic E-state index is 12.4. The number of ketones is 1. The first-order valence-corrected chi connectivity index (χ1v) is 11.8. The number of benzene rings is 2. The number of aliphatic hydroxyl groups is 1. The lowest BCUT2D eigenvalue weighted by atomic mass is 9.70. The van der Waals surface area contributed by atoms with Crippen LogP contribution in [0.5, 0.6) is 5.75 Å². The predicted molar refractivity (Wildman–Crippen MR) is 133 cm³/mol. The number of ether oxygens (including phenoxy) is 1. The summed E-state index contributed by atoms with van der Waals surface area (Å²) in [6, 6.07) is 12.2. The Balaban J connectivity index is 2.37. The molecule has 0 spiro atoms. The number of rotatable bonds is 10. The maximum Gasteiger partial charge on any atom is 0.251 e. The quantitative estimate of drug-likeness (QED) is 0.523. The van der Waals surface area contributed by atoms with E-state index in [-0.39, 0.29) is 36.9 Å². The minimum atomic E-state index is -0.424. The average Bonchev–Trinajstić information content (AvgIpc) is 2.77. The highest BCUT2D eigenvalue weighted by Crippen LogP contribution is 2.41. The van der Waals surface area contributed by atoms with Crippen molar-refractivity contribution in [1.82, 2.24) is 5.32 Å². The molecule has 2 aromatic carbocycles. The first kappa shape index (κ1) is 26.6. The first-order valence-electron chi connectivity index (χ1n) is 11.8. The molecule has 0 saturated heterocycles. The molecule has 5 nitrogen and oxygen atoms in total. The molecule has 180 valence electrons. The van der Waals surface area contributed by atoms with Gasteiger partial charge in [0.25, 0.3) is 5.91 Å². The van der Waals surface area contributed by atoms with Crippen molar-refractivity contribution in [3.63, 3.8) is 0 Å². The van der Waals surface area contributed by atoms with Gasteiger partial charge in [0.05, 0.1) is 6.61 Å². The van der Waals surface area contributed by atoms with Crippen molar-refractivity contribution < 1.29 is 19.4 Å². The molecular weight excluding hydrogens is 414 g/mol. The second-order valence-electron chi connectivity index (χ2n) is 9.74. The Kier molecular flexibility index (Phi) is 8.84. The monoisotopic (exact) mass is 453 g/mol. The van der Waals surface area contributed by atoms with Gasteiger partial charge in [-0.2, -0.15) is 0 Å². The third-order valence-electron chi connectivity index (χ3n) is 6.55. The van der Waals surface area contributed by atoms with Gasteiger partial charge in [-0.25, -0.2) is 0 Å². The van der Waals surface area contributed by atoms with Crippen molar-refractivity contribution in [2.24, 2.45) is 5.41 Å². The fraction of sp³-hybridized carbons (Fsp3) is 0.500. The molecule has 0 heterocycles. The highest BCUT2D eigenvalue weighted by molar-refractivity contribution is 5.95. The number of aryl methyl sites for hydroxylation is 2. The number of hydrogen-bond donors (Lipinski definition) is 2. The van der Waals surface area contributed by atoms with Crippen LogP contribution in [0, 0.1) is 19.3 Å². The summed E-state index contributed by atoms with van der Waals surface area (Å²) < 4.78 is 5.85. The normalized spacial score (nSPS) is 11.9. The topological polar surface area (TPSA) is 75.6 Å². The summed E-state index contributed by atoms with van der Waals surface area (Å²) in [5.41, 5.74) is 4.26. The second kappa shape index (κ2) is 11.0. The van der Waals surface area contributed by atoms with Crippen LogP contribution in [-0.4, -0.2) is 36.6 Å². The zero-order chi connectivity index (χ0) is 24.8. The number of hydrogen-bond acceptors (Lipinski definition) is 4. The molecule has 33 heavy (non-hydrogen) atoms. The van der Waals surface area contributed by atoms with Gasteiger partial charge in [-0.15, -0.1) is 0 Å². The van der Waals surface area contributed by atoms with Gasteiger partial charge in [-0.05, 0) is 61.1 Å². The molecule has 2 aromatic rings. The lowest BCUT2D eigenvalue weighted by Gasteiger charge is -2.34. The molecule has 1 amide bonds. The molecule has 0 radical (unpaired) electrons. The highest BCUT2D eigenvalue weighted by Gasteiger charge is 2.32. The van der Waals surface area contributed by atoms with E-state index in [0.717, 1.165) is 29.7 Å². The predicted octanol–water partition coefficient (Wildman–Crippen LogP) is 5.13. The van der Waals surface area contributed by atoms with Crippen molar-refractivity contribution in [3.05, 3.63) is 64.2 Å². The van der Waals surface area contributed by atoms with Gasteiger partial charge >= 0.3 is 0 Å². The van der Waals surface area contributed by atoms with Crippen molar-refractivity contribution >= 4 is 11.7 Å². The molecule has 2 N–H and O–H groups in total. The molecule has 0 unspecified atom stereocenters. The summed E-state index contributed by atoms with van der Waals surface area (Å²) >= 11 is 0. The SMILES string of the molecule is CCC(CC)(c1ccc(OCC(=O)C(C)(C)C)c(C)c1)c1ccc(C(=O)NCCO)c(C)c1. The highest BCUT2D eigenvalue weighted by atomic mass is 16.5. The van der Waals surface area contributed by atoms with E-state index in [1.165, 1.54) is 11.1 Å². The van der Waals surface area contributed by atoms with E-state index in [2.05, 4.69) is 37.4 Å². The number of Topliss-reactive ketones (excluding diaryl/α,β-unsaturated/α-hetero) is 1. The van der Waals surface area contributed by atoms with E-state index in [0.29, 0.717) is 5.56 Å². The molecule has 5 heteroatoms. The minimum Gasteiger partial charge on any atom is -0.486 e. The number of amides is 1. The van der Waals surface area contributed by atoms with Gasteiger partial charge in [-0.3, -0.25) is 9.59 Å². The van der Waals surface area contributed by atoms with Crippen molar-refractivity contribution in [1.29, 1.82) is 0 Å². The largest absolute Gasteiger partial charge is 0.486 e. The average molecular weight is 454 g/mol. The summed E-state index contributed by atoms with van der Waals surface area (Å²) in [4.78, 5) is 24.6. The Morgan fingerprint density at radius 3 is 2.00 bits per heavy atom. The molecule has 2 rings (SSSR count). The molecule has 0 aliphatic heterocycles. The zero-order valence-corrected chi connectivity index (χ0v) is 21.2. The van der Waals surface area contributed by atoms with Crippen molar-refractivity contribution in [3.8, 4) is 5.75 Å². The molecule has 0 aliphatic rings. The van der Waals surface area contributed by atoms with Crippen LogP contribution in [0.3, 0.4) is 0 Å². The fourth-order valence-electron chi connectivity index (χ4n) is 4.18. The molecule has 0 bridgehead atoms. The van der Waals surface area contributed by atoms with Crippen LogP contribution < -0.4 is 10.1 Å². The van der Waals surface area contributed by atoms with E-state index in [9.17, 15) is 9.59 Å². The Morgan fingerprint density at radius 2 is 1.52 bits per heavy atom. The lowest BCUT2D eigenvalue weighted by Crippen LogP contribution is -2.29. The van der Waals surface area contributed by atoms with Gasteiger partial charge in [0.2, 0.25) is 0 Å². The van der Waals surface area contributed by atoms with E-state index < -0.39 is 5.41 Å². The third kappa shape index (κ3) is 6.02. The molecule has 0 fully saturated rings. The van der Waals surface area contributed by atoms with Crippen molar-refractivity contribution in [2.75, 3.05) is 19.8 Å². The summed E-state index contributed by atoms with van der Waals surface area (Å²) in [5.74, 6) is 0.624. The van der Waals surface area contributed by atoms with E-state index in [1.807, 2.05) is 52.8 Å². The standard InChI is InChI=1S/C28H39NO4/c1-8-28(9-2,21-10-12-23(19(3)16-21)26(32)29-14-15-30)22-11-13-24(20(4)17-22)33-18-25(31)27(5,6)7/h10-13,16-17,30H,8-9,14-15,18H2,1-7H3,(H,29,32). The number of carbonyl (C=O) groups excluding carboxylic acids is 2. The van der Waals surface area contributed by atoms with Crippen LogP contribution in [0.1, 0.15) is 80.1 Å². The van der Waals surface area contributed by atoms with Crippen LogP contribution in [-0.2, 0) is 10.2 Å². The summed E-state index contributed by atoms with van der Waals surface area (Å²) in [5, 5.41) is 11.7. The van der Waals surface area contributed by atoms with Crippen LogP contribution >= 0.6 is 0 Å². The van der Waals surface area contributed by atoms with Crippen LogP contribution in [0.25, 0.3) is 0 Å². The van der Waals surface area contributed by atoms with E-state index in [4.69, 9.17) is 9.84 Å². The van der Waals surface area contributed by atoms with Gasteiger partial charge < -0.3 is 15.2 Å². The number of nitrogens with one attached hydrogen (secondary N) is 1. The summed E-state index contributed by atoms with van der Waals surface area (Å²) in [6.45, 7) is 14.2. The Labute approximate surface area is 198 Å². The Morgan fingerprint density at radius 1 is 0.939 bits per heavy atom. The number of aliphatic hydroxyl groups excluding tert-OH is 1. The van der Waals surface area contributed by atoms with E-state index in [1.54, 1.807) is 0 Å². The van der Waals surface area contributed by atoms with Gasteiger partial charge in [0, 0.05) is 22.9 Å². The van der Waals surface area contributed by atoms with Gasteiger partial charge in [0.1, 0.15) is 12.4 Å². The lowest BCUT2D eigenvalue weighted by molar-refractivity contribution is -0.128.